The highest BCUT2D eigenvalue weighted by molar-refractivity contribution is 7.90. The van der Waals surface area contributed by atoms with Crippen LogP contribution in [0, 0.1) is 5.82 Å². The van der Waals surface area contributed by atoms with Crippen molar-refractivity contribution in [2.75, 3.05) is 25.6 Å². The maximum Gasteiger partial charge on any atom is 0.148 e. The van der Waals surface area contributed by atoms with Crippen LogP contribution in [0.3, 0.4) is 0 Å². The van der Waals surface area contributed by atoms with Crippen LogP contribution in [0.2, 0.25) is 0 Å². The van der Waals surface area contributed by atoms with Crippen molar-refractivity contribution in [3.8, 4) is 0 Å². The molecule has 1 aromatic rings. The minimum atomic E-state index is -3.02. The molecule has 0 aromatic heterocycles. The number of rotatable bonds is 6. The predicted molar refractivity (Wildman–Crippen MR) is 78.3 cm³/mol. The zero-order chi connectivity index (χ0) is 14.6. The van der Waals surface area contributed by atoms with Gasteiger partial charge in [-0.15, -0.1) is 0 Å². The van der Waals surface area contributed by atoms with Crippen molar-refractivity contribution < 1.29 is 12.8 Å². The fraction of sp³-hybridized carbons (Fsp3) is 0.417. The molecule has 0 aliphatic heterocycles. The Morgan fingerprint density at radius 3 is 2.63 bits per heavy atom. The molecule has 4 nitrogen and oxygen atoms in total. The van der Waals surface area contributed by atoms with E-state index in [9.17, 15) is 12.8 Å². The molecule has 1 aromatic carbocycles. The van der Waals surface area contributed by atoms with Crippen LogP contribution in [0.5, 0.6) is 0 Å². The van der Waals surface area contributed by atoms with E-state index in [4.69, 9.17) is 18.0 Å². The third kappa shape index (κ3) is 5.63. The van der Waals surface area contributed by atoms with E-state index in [1.54, 1.807) is 18.0 Å². The van der Waals surface area contributed by atoms with Gasteiger partial charge in [-0.05, 0) is 25.2 Å². The van der Waals surface area contributed by atoms with E-state index in [0.717, 1.165) is 0 Å². The van der Waals surface area contributed by atoms with Crippen LogP contribution in [0.25, 0.3) is 0 Å². The van der Waals surface area contributed by atoms with Crippen molar-refractivity contribution in [3.63, 3.8) is 0 Å². The molecule has 0 aliphatic rings. The van der Waals surface area contributed by atoms with E-state index < -0.39 is 9.84 Å². The lowest BCUT2D eigenvalue weighted by atomic mass is 10.1. The van der Waals surface area contributed by atoms with Crippen molar-refractivity contribution in [1.82, 2.24) is 4.90 Å². The first-order valence-electron chi connectivity index (χ1n) is 5.63. The molecule has 1 rings (SSSR count). The molecule has 0 amide bonds. The largest absolute Gasteiger partial charge is 0.389 e. The smallest absolute Gasteiger partial charge is 0.148 e. The molecule has 19 heavy (non-hydrogen) atoms. The molecule has 2 N–H and O–H groups in total. The molecule has 0 fully saturated rings. The number of thiocarbonyl (C=S) groups is 1. The van der Waals surface area contributed by atoms with E-state index in [-0.39, 0.29) is 16.6 Å². The van der Waals surface area contributed by atoms with Gasteiger partial charge < -0.3 is 10.6 Å². The second-order valence-electron chi connectivity index (χ2n) is 4.54. The molecule has 0 saturated heterocycles. The number of hydrogen-bond acceptors (Lipinski definition) is 4. The molecular formula is C12H17FN2O2S2. The topological polar surface area (TPSA) is 63.4 Å². The van der Waals surface area contributed by atoms with Crippen molar-refractivity contribution in [3.05, 3.63) is 35.1 Å². The van der Waals surface area contributed by atoms with Crippen LogP contribution in [-0.4, -0.2) is 43.9 Å². The average molecular weight is 304 g/mol. The van der Waals surface area contributed by atoms with Gasteiger partial charge in [0.05, 0.1) is 5.75 Å². The second kappa shape index (κ2) is 6.40. The van der Waals surface area contributed by atoms with Gasteiger partial charge in [-0.25, -0.2) is 12.8 Å². The molecular weight excluding hydrogens is 287 g/mol. The van der Waals surface area contributed by atoms with Gasteiger partial charge in [0, 0.05) is 30.5 Å². The summed E-state index contributed by atoms with van der Waals surface area (Å²) in [6, 6.07) is 4.43. The maximum absolute atomic E-state index is 13.6. The maximum atomic E-state index is 13.6. The molecule has 0 spiro atoms. The Bertz CT molecular complexity index is 573. The third-order valence-corrected chi connectivity index (χ3v) is 3.77. The Labute approximate surface area is 118 Å². The summed E-state index contributed by atoms with van der Waals surface area (Å²) in [6.45, 7) is 0.646. The van der Waals surface area contributed by atoms with Gasteiger partial charge in [-0.3, -0.25) is 0 Å². The summed E-state index contributed by atoms with van der Waals surface area (Å²) in [4.78, 5) is 1.95. The normalized spacial score (nSPS) is 11.8. The summed E-state index contributed by atoms with van der Waals surface area (Å²) >= 11 is 4.84. The van der Waals surface area contributed by atoms with Crippen LogP contribution in [0.15, 0.2) is 18.2 Å². The van der Waals surface area contributed by atoms with Crippen LogP contribution in [-0.2, 0) is 16.4 Å². The summed E-state index contributed by atoms with van der Waals surface area (Å²) in [5.41, 5.74) is 6.54. The number of sulfone groups is 1. The van der Waals surface area contributed by atoms with Crippen molar-refractivity contribution >= 4 is 27.0 Å². The van der Waals surface area contributed by atoms with Crippen molar-refractivity contribution in [2.24, 2.45) is 5.73 Å². The van der Waals surface area contributed by atoms with Gasteiger partial charge in [-0.2, -0.15) is 0 Å². The molecule has 106 valence electrons. The Hall–Kier alpha value is -1.05. The Balaban J connectivity index is 2.75. The van der Waals surface area contributed by atoms with Gasteiger partial charge in [-0.1, -0.05) is 12.2 Å². The summed E-state index contributed by atoms with van der Waals surface area (Å²) in [5.74, 6) is -0.314. The van der Waals surface area contributed by atoms with Crippen LogP contribution in [0.4, 0.5) is 4.39 Å². The molecule has 0 bridgehead atoms. The first-order valence-corrected chi connectivity index (χ1v) is 8.10. The lowest BCUT2D eigenvalue weighted by Gasteiger charge is -2.17. The van der Waals surface area contributed by atoms with E-state index >= 15 is 0 Å². The number of halogens is 1. The Morgan fingerprint density at radius 2 is 2.11 bits per heavy atom. The first kappa shape index (κ1) is 16.0. The highest BCUT2D eigenvalue weighted by Gasteiger charge is 2.10. The summed E-state index contributed by atoms with van der Waals surface area (Å²) in [6.07, 6.45) is 1.18. The summed E-state index contributed by atoms with van der Waals surface area (Å²) < 4.78 is 35.8. The number of nitrogens with two attached hydrogens (primary N) is 1. The second-order valence-corrected chi connectivity index (χ2v) is 7.24. The number of benzene rings is 1. The molecule has 0 aliphatic carbocycles. The minimum Gasteiger partial charge on any atom is -0.389 e. The Kier molecular flexibility index (Phi) is 5.39. The zero-order valence-electron chi connectivity index (χ0n) is 10.9. The standard InChI is InChI=1S/C12H17FN2O2S2/c1-15(5-6-19(2,16)17)8-10-7-9(12(14)18)3-4-11(10)13/h3-4,7H,5-6,8H2,1-2H3,(H2,14,18). The Morgan fingerprint density at radius 1 is 1.47 bits per heavy atom. The first-order chi connectivity index (χ1) is 8.69. The molecule has 0 atom stereocenters. The van der Waals surface area contributed by atoms with Gasteiger partial charge in [0.1, 0.15) is 20.6 Å². The van der Waals surface area contributed by atoms with Crippen molar-refractivity contribution in [2.45, 2.75) is 6.54 Å². The van der Waals surface area contributed by atoms with E-state index in [0.29, 0.717) is 24.2 Å². The average Bonchev–Trinajstić information content (AvgIpc) is 2.28. The van der Waals surface area contributed by atoms with Crippen LogP contribution >= 0.6 is 12.2 Å². The van der Waals surface area contributed by atoms with E-state index in [1.807, 2.05) is 0 Å². The summed E-state index contributed by atoms with van der Waals surface area (Å²) in [7, 11) is -1.29. The van der Waals surface area contributed by atoms with E-state index in [1.165, 1.54) is 18.4 Å². The minimum absolute atomic E-state index is 0.0418. The summed E-state index contributed by atoms with van der Waals surface area (Å²) in [5, 5.41) is 0. The fourth-order valence-corrected chi connectivity index (χ4v) is 2.31. The monoisotopic (exact) mass is 304 g/mol. The third-order valence-electron chi connectivity index (χ3n) is 2.61. The van der Waals surface area contributed by atoms with Gasteiger partial charge in [0.2, 0.25) is 0 Å². The number of nitrogens with zero attached hydrogens (tertiary/aromatic N) is 1. The molecule has 0 heterocycles. The molecule has 0 saturated carbocycles. The quantitative estimate of drug-likeness (QED) is 0.792. The lowest BCUT2D eigenvalue weighted by Crippen LogP contribution is -2.25. The van der Waals surface area contributed by atoms with E-state index in [2.05, 4.69) is 0 Å². The highest BCUT2D eigenvalue weighted by Crippen LogP contribution is 2.12. The molecule has 0 radical (unpaired) electrons. The van der Waals surface area contributed by atoms with Crippen LogP contribution in [0.1, 0.15) is 11.1 Å². The van der Waals surface area contributed by atoms with Gasteiger partial charge in [0.15, 0.2) is 0 Å². The predicted octanol–water partition coefficient (Wildman–Crippen LogP) is 0.936. The van der Waals surface area contributed by atoms with Gasteiger partial charge in [0.25, 0.3) is 0 Å². The number of hydrogen-bond donors (Lipinski definition) is 1. The SMILES string of the molecule is CN(CCS(C)(=O)=O)Cc1cc(C(N)=S)ccc1F. The molecule has 0 unspecified atom stereocenters. The lowest BCUT2D eigenvalue weighted by molar-refractivity contribution is 0.340. The van der Waals surface area contributed by atoms with Gasteiger partial charge >= 0.3 is 0 Å². The van der Waals surface area contributed by atoms with Crippen molar-refractivity contribution in [1.29, 1.82) is 0 Å². The van der Waals surface area contributed by atoms with Crippen LogP contribution < -0.4 is 5.73 Å². The highest BCUT2D eigenvalue weighted by atomic mass is 32.2. The molecule has 7 heteroatoms. The zero-order valence-corrected chi connectivity index (χ0v) is 12.5. The fourth-order valence-electron chi connectivity index (χ4n) is 1.54.